The number of amides is 1. The summed E-state index contributed by atoms with van der Waals surface area (Å²) in [7, 11) is 1.82. The molecule has 0 radical (unpaired) electrons. The minimum atomic E-state index is -0.283. The number of anilines is 5. The van der Waals surface area contributed by atoms with E-state index in [1.807, 2.05) is 31.3 Å². The summed E-state index contributed by atoms with van der Waals surface area (Å²) in [5.41, 5.74) is 2.09. The Morgan fingerprint density at radius 3 is 2.70 bits per heavy atom. The van der Waals surface area contributed by atoms with Crippen LogP contribution in [0.25, 0.3) is 10.9 Å². The van der Waals surface area contributed by atoms with Crippen LogP contribution in [0.1, 0.15) is 0 Å². The first-order chi connectivity index (χ1) is 14.5. The van der Waals surface area contributed by atoms with E-state index < -0.39 is 0 Å². The van der Waals surface area contributed by atoms with Crippen molar-refractivity contribution in [1.29, 1.82) is 0 Å². The van der Waals surface area contributed by atoms with Gasteiger partial charge in [-0.1, -0.05) is 24.2 Å². The molecule has 150 valence electrons. The van der Waals surface area contributed by atoms with Gasteiger partial charge in [0.15, 0.2) is 0 Å². The quantitative estimate of drug-likeness (QED) is 0.394. The number of benzene rings is 2. The van der Waals surface area contributed by atoms with Crippen molar-refractivity contribution in [3.63, 3.8) is 0 Å². The molecular formula is C21H18ClN7O. The summed E-state index contributed by atoms with van der Waals surface area (Å²) < 4.78 is 1.69. The van der Waals surface area contributed by atoms with Crippen LogP contribution in [-0.2, 0) is 11.8 Å². The maximum absolute atomic E-state index is 11.6. The average molecular weight is 420 g/mol. The van der Waals surface area contributed by atoms with Crippen molar-refractivity contribution in [3.8, 4) is 0 Å². The number of hydrogen-bond donors (Lipinski definition) is 3. The minimum Gasteiger partial charge on any atom is -0.339 e. The van der Waals surface area contributed by atoms with Gasteiger partial charge in [-0.3, -0.25) is 9.48 Å². The first-order valence-electron chi connectivity index (χ1n) is 9.04. The van der Waals surface area contributed by atoms with Gasteiger partial charge in [-0.2, -0.15) is 10.1 Å². The molecular weight excluding hydrogens is 402 g/mol. The standard InChI is InChI=1S/C21H18ClN7O/c1-3-19(30)24-14-5-4-6-15(12-14)25-20-16-11-13(22)7-8-17(16)26-21(28-20)27-18-9-10-23-29(18)2/h3-12H,1H2,2H3,(H,24,30)(H2,25,26,27,28). The van der Waals surface area contributed by atoms with Crippen molar-refractivity contribution in [1.82, 2.24) is 19.7 Å². The highest BCUT2D eigenvalue weighted by atomic mass is 35.5. The van der Waals surface area contributed by atoms with E-state index in [-0.39, 0.29) is 5.91 Å². The highest BCUT2D eigenvalue weighted by Gasteiger charge is 2.11. The topological polar surface area (TPSA) is 96.8 Å². The van der Waals surface area contributed by atoms with Crippen molar-refractivity contribution in [3.05, 3.63) is 72.4 Å². The molecule has 0 unspecified atom stereocenters. The number of nitrogens with zero attached hydrogens (tertiary/aromatic N) is 4. The second-order valence-electron chi connectivity index (χ2n) is 6.42. The lowest BCUT2D eigenvalue weighted by Gasteiger charge is -2.13. The summed E-state index contributed by atoms with van der Waals surface area (Å²) in [5.74, 6) is 1.45. The molecule has 0 aliphatic heterocycles. The molecule has 0 aliphatic rings. The normalized spacial score (nSPS) is 10.6. The Kier molecular flexibility index (Phi) is 5.32. The van der Waals surface area contributed by atoms with Gasteiger partial charge in [0.1, 0.15) is 11.6 Å². The van der Waals surface area contributed by atoms with Gasteiger partial charge in [-0.05, 0) is 42.5 Å². The molecule has 8 nitrogen and oxygen atoms in total. The summed E-state index contributed by atoms with van der Waals surface area (Å²) in [6.45, 7) is 3.47. The Morgan fingerprint density at radius 2 is 1.93 bits per heavy atom. The fraction of sp³-hybridized carbons (Fsp3) is 0.0476. The number of aromatic nitrogens is 4. The third-order valence-electron chi connectivity index (χ3n) is 4.30. The van der Waals surface area contributed by atoms with Crippen molar-refractivity contribution in [2.75, 3.05) is 16.0 Å². The smallest absolute Gasteiger partial charge is 0.247 e. The van der Waals surface area contributed by atoms with Crippen LogP contribution in [0.3, 0.4) is 0 Å². The molecule has 3 N–H and O–H groups in total. The molecule has 4 aromatic rings. The molecule has 2 heterocycles. The predicted octanol–water partition coefficient (Wildman–Crippen LogP) is 4.63. The monoisotopic (exact) mass is 419 g/mol. The highest BCUT2D eigenvalue weighted by Crippen LogP contribution is 2.29. The van der Waals surface area contributed by atoms with Crippen molar-refractivity contribution in [2.45, 2.75) is 0 Å². The minimum absolute atomic E-state index is 0.283. The molecule has 0 fully saturated rings. The second-order valence-corrected chi connectivity index (χ2v) is 6.86. The Balaban J connectivity index is 1.72. The van der Waals surface area contributed by atoms with Gasteiger partial charge in [-0.15, -0.1) is 0 Å². The van der Waals surface area contributed by atoms with Crippen molar-refractivity contribution < 1.29 is 4.79 Å². The summed E-state index contributed by atoms with van der Waals surface area (Å²) >= 11 is 6.20. The maximum atomic E-state index is 11.6. The molecule has 2 aromatic carbocycles. The summed E-state index contributed by atoms with van der Waals surface area (Å²) in [5, 5.41) is 14.7. The van der Waals surface area contributed by atoms with E-state index in [1.54, 1.807) is 35.1 Å². The number of rotatable bonds is 6. The zero-order valence-electron chi connectivity index (χ0n) is 16.1. The van der Waals surface area contributed by atoms with E-state index in [0.717, 1.165) is 22.4 Å². The van der Waals surface area contributed by atoms with Crippen LogP contribution in [0.15, 0.2) is 67.4 Å². The molecule has 2 aromatic heterocycles. The molecule has 0 atom stereocenters. The molecule has 9 heteroatoms. The number of carbonyl (C=O) groups is 1. The number of nitrogens with one attached hydrogen (secondary N) is 3. The molecule has 30 heavy (non-hydrogen) atoms. The van der Waals surface area contributed by atoms with Crippen molar-refractivity contribution in [2.24, 2.45) is 7.05 Å². The number of carbonyl (C=O) groups excluding carboxylic acids is 1. The van der Waals surface area contributed by atoms with E-state index >= 15 is 0 Å². The van der Waals surface area contributed by atoms with Crippen LogP contribution in [0.4, 0.5) is 29.0 Å². The fourth-order valence-electron chi connectivity index (χ4n) is 2.87. The van der Waals surface area contributed by atoms with E-state index in [4.69, 9.17) is 11.6 Å². The van der Waals surface area contributed by atoms with E-state index in [9.17, 15) is 4.79 Å². The first kappa shape index (κ1) is 19.4. The molecule has 4 rings (SSSR count). The van der Waals surface area contributed by atoms with Gasteiger partial charge in [-0.25, -0.2) is 4.98 Å². The highest BCUT2D eigenvalue weighted by molar-refractivity contribution is 6.31. The van der Waals surface area contributed by atoms with E-state index in [1.165, 1.54) is 6.08 Å². The van der Waals surface area contributed by atoms with Crippen LogP contribution in [0.5, 0.6) is 0 Å². The van der Waals surface area contributed by atoms with Gasteiger partial charge >= 0.3 is 0 Å². The van der Waals surface area contributed by atoms with Gasteiger partial charge in [0.2, 0.25) is 11.9 Å². The van der Waals surface area contributed by atoms with Gasteiger partial charge in [0, 0.05) is 34.9 Å². The molecule has 1 amide bonds. The van der Waals surface area contributed by atoms with Crippen LogP contribution in [0, 0.1) is 0 Å². The molecule has 0 saturated carbocycles. The largest absolute Gasteiger partial charge is 0.339 e. The molecule has 0 saturated heterocycles. The Labute approximate surface area is 177 Å². The lowest BCUT2D eigenvalue weighted by atomic mass is 10.2. The lowest BCUT2D eigenvalue weighted by molar-refractivity contribution is -0.111. The number of hydrogen-bond acceptors (Lipinski definition) is 6. The number of halogens is 1. The second kappa shape index (κ2) is 8.22. The van der Waals surface area contributed by atoms with E-state index in [0.29, 0.717) is 22.5 Å². The molecule has 0 spiro atoms. The fourth-order valence-corrected chi connectivity index (χ4v) is 3.04. The van der Waals surface area contributed by atoms with Crippen LogP contribution < -0.4 is 16.0 Å². The van der Waals surface area contributed by atoms with Gasteiger partial charge < -0.3 is 16.0 Å². The third kappa shape index (κ3) is 4.23. The summed E-state index contributed by atoms with van der Waals surface area (Å²) in [6.07, 6.45) is 2.90. The maximum Gasteiger partial charge on any atom is 0.247 e. The molecule has 0 bridgehead atoms. The first-order valence-corrected chi connectivity index (χ1v) is 9.42. The van der Waals surface area contributed by atoms with Crippen LogP contribution >= 0.6 is 11.6 Å². The Bertz CT molecular complexity index is 1250. The number of aryl methyl sites for hydroxylation is 1. The average Bonchev–Trinajstić information content (AvgIpc) is 3.13. The van der Waals surface area contributed by atoms with Crippen molar-refractivity contribution >= 4 is 57.4 Å². The summed E-state index contributed by atoms with van der Waals surface area (Å²) in [4.78, 5) is 20.8. The molecule has 0 aliphatic carbocycles. The van der Waals surface area contributed by atoms with Gasteiger partial charge in [0.25, 0.3) is 0 Å². The lowest BCUT2D eigenvalue weighted by Crippen LogP contribution is -2.07. The van der Waals surface area contributed by atoms with Crippen LogP contribution in [-0.4, -0.2) is 25.7 Å². The number of fused-ring (bicyclic) bond motifs is 1. The zero-order chi connectivity index (χ0) is 21.1. The predicted molar refractivity (Wildman–Crippen MR) is 120 cm³/mol. The van der Waals surface area contributed by atoms with E-state index in [2.05, 4.69) is 37.6 Å². The Hall–Kier alpha value is -3.91. The Morgan fingerprint density at radius 1 is 1.10 bits per heavy atom. The zero-order valence-corrected chi connectivity index (χ0v) is 16.8. The van der Waals surface area contributed by atoms with Crippen LogP contribution in [0.2, 0.25) is 5.02 Å². The summed E-state index contributed by atoms with van der Waals surface area (Å²) in [6, 6.07) is 14.5. The third-order valence-corrected chi connectivity index (χ3v) is 4.53. The SMILES string of the molecule is C=CC(=O)Nc1cccc(Nc2nc(Nc3ccnn3C)nc3ccc(Cl)cc23)c1. The van der Waals surface area contributed by atoms with Gasteiger partial charge in [0.05, 0.1) is 11.7 Å².